The van der Waals surface area contributed by atoms with Crippen LogP contribution in [0.4, 0.5) is 0 Å². The third kappa shape index (κ3) is 4.96. The van der Waals surface area contributed by atoms with Crippen molar-refractivity contribution in [1.82, 2.24) is 9.80 Å². The van der Waals surface area contributed by atoms with Crippen molar-refractivity contribution in [3.8, 4) is 0 Å². The third-order valence-corrected chi connectivity index (χ3v) is 7.49. The molecule has 2 unspecified atom stereocenters. The van der Waals surface area contributed by atoms with Gasteiger partial charge in [-0.2, -0.15) is 0 Å². The van der Waals surface area contributed by atoms with Crippen molar-refractivity contribution in [3.05, 3.63) is 71.8 Å². The fraction of sp³-hybridized carbons (Fsp3) is 0.556. The molecule has 2 fully saturated rings. The topological polar surface area (TPSA) is 26.7 Å². The van der Waals surface area contributed by atoms with Crippen molar-refractivity contribution < 1.29 is 5.11 Å². The predicted octanol–water partition coefficient (Wildman–Crippen LogP) is 4.56. The van der Waals surface area contributed by atoms with E-state index < -0.39 is 5.60 Å². The lowest BCUT2D eigenvalue weighted by atomic mass is 9.65. The molecule has 1 saturated carbocycles. The minimum atomic E-state index is -0.777. The Morgan fingerprint density at radius 3 is 2.10 bits per heavy atom. The highest BCUT2D eigenvalue weighted by Crippen LogP contribution is 2.45. The monoisotopic (exact) mass is 406 g/mol. The van der Waals surface area contributed by atoms with Gasteiger partial charge in [0.25, 0.3) is 0 Å². The van der Waals surface area contributed by atoms with Gasteiger partial charge in [0.2, 0.25) is 0 Å². The van der Waals surface area contributed by atoms with Crippen LogP contribution in [0.5, 0.6) is 0 Å². The Labute approximate surface area is 182 Å². The van der Waals surface area contributed by atoms with Crippen molar-refractivity contribution in [3.63, 3.8) is 0 Å². The molecule has 0 bridgehead atoms. The molecule has 1 aliphatic carbocycles. The molecule has 1 saturated heterocycles. The number of hydrogen-bond donors (Lipinski definition) is 1. The molecule has 0 spiro atoms. The van der Waals surface area contributed by atoms with Crippen molar-refractivity contribution in [2.45, 2.75) is 44.1 Å². The van der Waals surface area contributed by atoms with E-state index in [1.54, 1.807) is 0 Å². The summed E-state index contributed by atoms with van der Waals surface area (Å²) in [6.07, 6.45) is 7.00. The summed E-state index contributed by atoms with van der Waals surface area (Å²) in [7, 11) is 2.21. The molecule has 0 aromatic heterocycles. The highest BCUT2D eigenvalue weighted by atomic mass is 16.3. The summed E-state index contributed by atoms with van der Waals surface area (Å²) in [6.45, 7) is 5.38. The van der Waals surface area contributed by atoms with Crippen LogP contribution in [0.25, 0.3) is 0 Å². The van der Waals surface area contributed by atoms with E-state index in [0.717, 1.165) is 57.5 Å². The zero-order chi connectivity index (χ0) is 20.8. The maximum absolute atomic E-state index is 12.6. The van der Waals surface area contributed by atoms with Gasteiger partial charge in [-0.15, -0.1) is 0 Å². The van der Waals surface area contributed by atoms with Gasteiger partial charge in [-0.1, -0.05) is 79.9 Å². The molecule has 30 heavy (non-hydrogen) atoms. The maximum atomic E-state index is 12.6. The van der Waals surface area contributed by atoms with Crippen LogP contribution in [0.3, 0.4) is 0 Å². The van der Waals surface area contributed by atoms with Gasteiger partial charge in [0.05, 0.1) is 5.60 Å². The first-order valence-corrected chi connectivity index (χ1v) is 11.9. The van der Waals surface area contributed by atoms with Crippen molar-refractivity contribution in [2.75, 3.05) is 39.8 Å². The molecule has 1 aliphatic heterocycles. The summed E-state index contributed by atoms with van der Waals surface area (Å²) in [5.41, 5.74) is 1.68. The molecule has 3 nitrogen and oxygen atoms in total. The van der Waals surface area contributed by atoms with E-state index in [-0.39, 0.29) is 5.92 Å². The Hall–Kier alpha value is -1.68. The van der Waals surface area contributed by atoms with Gasteiger partial charge < -0.3 is 14.9 Å². The second-order valence-corrected chi connectivity index (χ2v) is 9.52. The average Bonchev–Trinajstić information content (AvgIpc) is 2.81. The van der Waals surface area contributed by atoms with E-state index in [9.17, 15) is 5.11 Å². The number of nitrogens with zero attached hydrogens (tertiary/aromatic N) is 2. The first-order valence-electron chi connectivity index (χ1n) is 11.9. The van der Waals surface area contributed by atoms with Crippen LogP contribution in [0, 0.1) is 11.8 Å². The maximum Gasteiger partial charge on any atom is 0.0967 e. The van der Waals surface area contributed by atoms with Gasteiger partial charge in [0, 0.05) is 38.6 Å². The number of benzene rings is 2. The molecule has 0 radical (unpaired) electrons. The van der Waals surface area contributed by atoms with E-state index in [2.05, 4.69) is 77.5 Å². The molecule has 4 rings (SSSR count). The fourth-order valence-corrected chi connectivity index (χ4v) is 5.65. The first kappa shape index (κ1) is 21.5. The summed E-state index contributed by atoms with van der Waals surface area (Å²) in [5, 5.41) is 12.6. The van der Waals surface area contributed by atoms with Gasteiger partial charge in [-0.3, -0.25) is 0 Å². The Morgan fingerprint density at radius 1 is 0.867 bits per heavy atom. The number of likely N-dealkylation sites (N-methyl/N-ethyl adjacent to an activating group) is 1. The molecule has 0 amide bonds. The van der Waals surface area contributed by atoms with Crippen LogP contribution in [-0.2, 0) is 12.0 Å². The van der Waals surface area contributed by atoms with E-state index >= 15 is 0 Å². The largest absolute Gasteiger partial charge is 0.385 e. The second-order valence-electron chi connectivity index (χ2n) is 9.52. The molecule has 3 heteroatoms. The van der Waals surface area contributed by atoms with E-state index in [1.807, 2.05) is 0 Å². The number of hydrogen-bond acceptors (Lipinski definition) is 3. The third-order valence-electron chi connectivity index (χ3n) is 7.49. The summed E-state index contributed by atoms with van der Waals surface area (Å²) in [5.74, 6) is 0.531. The van der Waals surface area contributed by atoms with E-state index in [1.165, 1.54) is 24.8 Å². The van der Waals surface area contributed by atoms with Crippen molar-refractivity contribution in [2.24, 2.45) is 11.8 Å². The predicted molar refractivity (Wildman–Crippen MR) is 124 cm³/mol. The van der Waals surface area contributed by atoms with Crippen LogP contribution >= 0.6 is 0 Å². The lowest BCUT2D eigenvalue weighted by Crippen LogP contribution is -2.52. The smallest absolute Gasteiger partial charge is 0.0967 e. The molecule has 2 aliphatic rings. The van der Waals surface area contributed by atoms with Crippen LogP contribution in [0.15, 0.2) is 60.7 Å². The molecule has 2 aromatic rings. The summed E-state index contributed by atoms with van der Waals surface area (Å²) in [4.78, 5) is 5.00. The summed E-state index contributed by atoms with van der Waals surface area (Å²) in [6, 6.07) is 21.4. The molecule has 1 heterocycles. The second kappa shape index (κ2) is 10.1. The Balaban J connectivity index is 1.67. The number of rotatable bonds is 7. The van der Waals surface area contributed by atoms with E-state index in [4.69, 9.17) is 0 Å². The van der Waals surface area contributed by atoms with Crippen molar-refractivity contribution >= 4 is 0 Å². The fourth-order valence-electron chi connectivity index (χ4n) is 5.65. The SMILES string of the molecule is CN1CCN(CC(Cc2ccccc2)C(O)(c2ccccc2)C2CCCCC2)CC1. The average molecular weight is 407 g/mol. The van der Waals surface area contributed by atoms with Crippen LogP contribution in [-0.4, -0.2) is 54.7 Å². The van der Waals surface area contributed by atoms with Gasteiger partial charge in [0.1, 0.15) is 0 Å². The van der Waals surface area contributed by atoms with E-state index in [0.29, 0.717) is 5.92 Å². The van der Waals surface area contributed by atoms with Gasteiger partial charge in [-0.05, 0) is 43.4 Å². The Kier molecular flexibility index (Phi) is 7.24. The van der Waals surface area contributed by atoms with Crippen molar-refractivity contribution in [1.29, 1.82) is 0 Å². The highest BCUT2D eigenvalue weighted by Gasteiger charge is 2.45. The standard InChI is InChI=1S/C27H38N2O/c1-28-17-19-29(20-18-28)22-26(21-23-11-5-2-6-12-23)27(30,24-13-7-3-8-14-24)25-15-9-4-10-16-25/h2-3,5-8,11-14,25-26,30H,4,9-10,15-22H2,1H3. The minimum Gasteiger partial charge on any atom is -0.385 e. The summed E-state index contributed by atoms with van der Waals surface area (Å²) >= 11 is 0. The lowest BCUT2D eigenvalue weighted by Gasteiger charge is -2.47. The Morgan fingerprint density at radius 2 is 1.47 bits per heavy atom. The minimum absolute atomic E-state index is 0.189. The zero-order valence-corrected chi connectivity index (χ0v) is 18.5. The molecular formula is C27H38N2O. The van der Waals surface area contributed by atoms with Gasteiger partial charge in [0.15, 0.2) is 0 Å². The van der Waals surface area contributed by atoms with Gasteiger partial charge in [-0.25, -0.2) is 0 Å². The molecule has 2 aromatic carbocycles. The zero-order valence-electron chi connectivity index (χ0n) is 18.5. The van der Waals surface area contributed by atoms with Crippen LogP contribution in [0.1, 0.15) is 43.2 Å². The molecule has 1 N–H and O–H groups in total. The molecular weight excluding hydrogens is 368 g/mol. The molecule has 2 atom stereocenters. The number of piperazine rings is 1. The highest BCUT2D eigenvalue weighted by molar-refractivity contribution is 5.27. The van der Waals surface area contributed by atoms with Crippen LogP contribution < -0.4 is 0 Å². The molecule has 162 valence electrons. The Bertz CT molecular complexity index is 751. The summed E-state index contributed by atoms with van der Waals surface area (Å²) < 4.78 is 0. The quantitative estimate of drug-likeness (QED) is 0.730. The lowest BCUT2D eigenvalue weighted by molar-refractivity contribution is -0.0985. The normalized spacial score (nSPS) is 22.5. The van der Waals surface area contributed by atoms with Crippen LogP contribution in [0.2, 0.25) is 0 Å². The first-order chi connectivity index (χ1) is 14.7. The number of aliphatic hydroxyl groups is 1. The van der Waals surface area contributed by atoms with Gasteiger partial charge >= 0.3 is 0 Å².